The van der Waals surface area contributed by atoms with Crippen molar-refractivity contribution in [2.75, 3.05) is 0 Å². The number of hydrogen-bond donors (Lipinski definition) is 1. The first kappa shape index (κ1) is 10.6. The van der Waals surface area contributed by atoms with Gasteiger partial charge in [0.1, 0.15) is 0 Å². The van der Waals surface area contributed by atoms with Crippen LogP contribution in [0.3, 0.4) is 0 Å². The lowest BCUT2D eigenvalue weighted by atomic mass is 10.1. The number of hydrogen-bond acceptors (Lipinski definition) is 1. The van der Waals surface area contributed by atoms with Crippen LogP contribution in [0.5, 0.6) is 0 Å². The lowest BCUT2D eigenvalue weighted by Crippen LogP contribution is -2.08. The first-order valence-corrected chi connectivity index (χ1v) is 4.75. The standard InChI is InChI=1S/C13H17N/c1-10(2)12-6-5-7-13(9-8-12)14-11(3)4/h5-6,8-9,14H,1,3,7H2,2,4H3. The quantitative estimate of drug-likeness (QED) is 0.713. The summed E-state index contributed by atoms with van der Waals surface area (Å²) in [4.78, 5) is 0. The second-order valence-corrected chi connectivity index (χ2v) is 3.61. The van der Waals surface area contributed by atoms with Crippen LogP contribution in [0.25, 0.3) is 0 Å². The van der Waals surface area contributed by atoms with E-state index in [0.717, 1.165) is 17.7 Å². The largest absolute Gasteiger partial charge is 0.363 e. The van der Waals surface area contributed by atoms with E-state index in [0.29, 0.717) is 0 Å². The molecule has 1 heteroatoms. The van der Waals surface area contributed by atoms with Gasteiger partial charge in [-0.3, -0.25) is 0 Å². The van der Waals surface area contributed by atoms with Crippen LogP contribution in [-0.2, 0) is 0 Å². The summed E-state index contributed by atoms with van der Waals surface area (Å²) < 4.78 is 0. The number of rotatable bonds is 3. The van der Waals surface area contributed by atoms with Crippen LogP contribution in [0.15, 0.2) is 60.0 Å². The lowest BCUT2D eigenvalue weighted by Gasteiger charge is -2.06. The van der Waals surface area contributed by atoms with E-state index in [1.807, 2.05) is 13.8 Å². The van der Waals surface area contributed by atoms with Gasteiger partial charge in [0.15, 0.2) is 0 Å². The minimum absolute atomic E-state index is 0.917. The fourth-order valence-electron chi connectivity index (χ4n) is 1.28. The first-order chi connectivity index (χ1) is 6.59. The maximum absolute atomic E-state index is 3.92. The Morgan fingerprint density at radius 2 is 2.00 bits per heavy atom. The Bertz CT molecular complexity index is 340. The van der Waals surface area contributed by atoms with Gasteiger partial charge in [0.25, 0.3) is 0 Å². The Kier molecular flexibility index (Phi) is 3.52. The number of nitrogens with one attached hydrogen (secondary N) is 1. The zero-order valence-electron chi connectivity index (χ0n) is 8.93. The molecule has 0 amide bonds. The topological polar surface area (TPSA) is 12.0 Å². The van der Waals surface area contributed by atoms with Gasteiger partial charge < -0.3 is 5.32 Å². The molecule has 14 heavy (non-hydrogen) atoms. The molecule has 0 aromatic carbocycles. The van der Waals surface area contributed by atoms with Crippen LogP contribution in [0.2, 0.25) is 0 Å². The van der Waals surface area contributed by atoms with E-state index in [4.69, 9.17) is 0 Å². The average molecular weight is 187 g/mol. The molecular weight excluding hydrogens is 170 g/mol. The van der Waals surface area contributed by atoms with Crippen molar-refractivity contribution in [3.05, 3.63) is 60.0 Å². The average Bonchev–Trinajstić information content (AvgIpc) is 2.28. The minimum atomic E-state index is 0.917. The van der Waals surface area contributed by atoms with E-state index in [1.54, 1.807) is 0 Å². The van der Waals surface area contributed by atoms with Gasteiger partial charge in [0.2, 0.25) is 0 Å². The van der Waals surface area contributed by atoms with Crippen LogP contribution < -0.4 is 5.32 Å². The first-order valence-electron chi connectivity index (χ1n) is 4.75. The molecule has 0 heterocycles. The third-order valence-corrected chi connectivity index (χ3v) is 1.97. The van der Waals surface area contributed by atoms with Crippen molar-refractivity contribution in [3.63, 3.8) is 0 Å². The smallest absolute Gasteiger partial charge is 0.0187 e. The lowest BCUT2D eigenvalue weighted by molar-refractivity contribution is 0.932. The third kappa shape index (κ3) is 3.09. The highest BCUT2D eigenvalue weighted by atomic mass is 14.9. The zero-order valence-corrected chi connectivity index (χ0v) is 8.93. The predicted octanol–water partition coefficient (Wildman–Crippen LogP) is 3.46. The Labute approximate surface area is 86.2 Å². The third-order valence-electron chi connectivity index (χ3n) is 1.97. The highest BCUT2D eigenvalue weighted by molar-refractivity contribution is 5.42. The highest BCUT2D eigenvalue weighted by Crippen LogP contribution is 2.15. The molecule has 1 N–H and O–H groups in total. The van der Waals surface area contributed by atoms with E-state index in [9.17, 15) is 0 Å². The van der Waals surface area contributed by atoms with E-state index in [-0.39, 0.29) is 0 Å². The summed E-state index contributed by atoms with van der Waals surface area (Å²) in [5.74, 6) is 0. The van der Waals surface area contributed by atoms with Crippen molar-refractivity contribution in [2.45, 2.75) is 20.3 Å². The fourth-order valence-corrected chi connectivity index (χ4v) is 1.28. The summed E-state index contributed by atoms with van der Waals surface area (Å²) in [6, 6.07) is 0. The normalized spacial score (nSPS) is 15.3. The van der Waals surface area contributed by atoms with Gasteiger partial charge in [0.05, 0.1) is 0 Å². The van der Waals surface area contributed by atoms with E-state index >= 15 is 0 Å². The molecule has 1 rings (SSSR count). The minimum Gasteiger partial charge on any atom is -0.363 e. The summed E-state index contributed by atoms with van der Waals surface area (Å²) in [6.45, 7) is 11.7. The molecule has 74 valence electrons. The summed E-state index contributed by atoms with van der Waals surface area (Å²) in [6.07, 6.45) is 9.32. The summed E-state index contributed by atoms with van der Waals surface area (Å²) in [5, 5.41) is 3.22. The Morgan fingerprint density at radius 1 is 1.29 bits per heavy atom. The van der Waals surface area contributed by atoms with E-state index < -0.39 is 0 Å². The molecule has 0 aliphatic heterocycles. The van der Waals surface area contributed by atoms with Gasteiger partial charge in [-0.2, -0.15) is 0 Å². The van der Waals surface area contributed by atoms with Crippen molar-refractivity contribution >= 4 is 0 Å². The summed E-state index contributed by atoms with van der Waals surface area (Å²) in [5.41, 5.74) is 4.42. The molecule has 0 spiro atoms. The van der Waals surface area contributed by atoms with Gasteiger partial charge in [-0.1, -0.05) is 37.0 Å². The van der Waals surface area contributed by atoms with Gasteiger partial charge in [-0.15, -0.1) is 0 Å². The zero-order chi connectivity index (χ0) is 10.6. The molecule has 0 aromatic heterocycles. The van der Waals surface area contributed by atoms with Crippen LogP contribution in [0, 0.1) is 0 Å². The van der Waals surface area contributed by atoms with Crippen molar-refractivity contribution in [1.82, 2.24) is 5.32 Å². The van der Waals surface area contributed by atoms with Gasteiger partial charge in [-0.25, -0.2) is 0 Å². The number of allylic oxidation sites excluding steroid dienone is 7. The van der Waals surface area contributed by atoms with Crippen LogP contribution >= 0.6 is 0 Å². The molecule has 0 radical (unpaired) electrons. The maximum Gasteiger partial charge on any atom is 0.0187 e. The monoisotopic (exact) mass is 187 g/mol. The van der Waals surface area contributed by atoms with Crippen LogP contribution in [0.4, 0.5) is 0 Å². The Morgan fingerprint density at radius 3 is 2.57 bits per heavy atom. The van der Waals surface area contributed by atoms with Gasteiger partial charge in [-0.05, 0) is 25.5 Å². The highest BCUT2D eigenvalue weighted by Gasteiger charge is 1.99. The van der Waals surface area contributed by atoms with Crippen molar-refractivity contribution in [2.24, 2.45) is 0 Å². The van der Waals surface area contributed by atoms with Crippen molar-refractivity contribution in [3.8, 4) is 0 Å². The predicted molar refractivity (Wildman–Crippen MR) is 62.7 cm³/mol. The van der Waals surface area contributed by atoms with Crippen LogP contribution in [-0.4, -0.2) is 0 Å². The second kappa shape index (κ2) is 4.66. The van der Waals surface area contributed by atoms with Crippen molar-refractivity contribution < 1.29 is 0 Å². The molecule has 1 aliphatic carbocycles. The molecule has 0 fully saturated rings. The molecule has 1 aliphatic rings. The SMILES string of the molecule is C=C(C)NC1=CC=C(C(=C)C)C=CC1. The van der Waals surface area contributed by atoms with E-state index in [2.05, 4.69) is 42.8 Å². The second-order valence-electron chi connectivity index (χ2n) is 3.61. The molecule has 0 aromatic rings. The van der Waals surface area contributed by atoms with E-state index in [1.165, 1.54) is 11.3 Å². The van der Waals surface area contributed by atoms with Crippen molar-refractivity contribution in [1.29, 1.82) is 0 Å². The van der Waals surface area contributed by atoms with Gasteiger partial charge in [0, 0.05) is 17.8 Å². The molecule has 0 unspecified atom stereocenters. The Balaban J connectivity index is 2.80. The van der Waals surface area contributed by atoms with Gasteiger partial charge >= 0.3 is 0 Å². The Hall–Kier alpha value is -1.50. The molecule has 0 saturated carbocycles. The van der Waals surface area contributed by atoms with Crippen LogP contribution in [0.1, 0.15) is 20.3 Å². The molecule has 0 bridgehead atoms. The fraction of sp³-hybridized carbons (Fsp3) is 0.231. The molecule has 0 atom stereocenters. The summed E-state index contributed by atoms with van der Waals surface area (Å²) in [7, 11) is 0. The molecular formula is C13H17N. The molecule has 0 saturated heterocycles. The summed E-state index contributed by atoms with van der Waals surface area (Å²) >= 11 is 0. The molecule has 1 nitrogen and oxygen atoms in total. The maximum atomic E-state index is 3.92.